The van der Waals surface area contributed by atoms with E-state index in [9.17, 15) is 4.79 Å². The second kappa shape index (κ2) is 6.91. The van der Waals surface area contributed by atoms with Gasteiger partial charge in [-0.05, 0) is 55.8 Å². The van der Waals surface area contributed by atoms with Crippen molar-refractivity contribution in [3.8, 4) is 0 Å². The van der Waals surface area contributed by atoms with E-state index in [1.54, 1.807) is 0 Å². The van der Waals surface area contributed by atoms with Crippen molar-refractivity contribution in [2.75, 3.05) is 0 Å². The van der Waals surface area contributed by atoms with Crippen LogP contribution in [0.5, 0.6) is 0 Å². The van der Waals surface area contributed by atoms with Gasteiger partial charge in [-0.15, -0.1) is 0 Å². The predicted octanol–water partition coefficient (Wildman–Crippen LogP) is 4.01. The standard InChI is InChI=1S/C21H24N2O/c1-15-8-4-5-9-18(15)12-16(2)22-21(24)14-23-17(3)13-19-10-6-7-11-20(19)23/h4-11,13,16H,12,14H2,1-3H3,(H,22,24). The summed E-state index contributed by atoms with van der Waals surface area (Å²) < 4.78 is 2.07. The number of carbonyl (C=O) groups excluding carboxylic acids is 1. The molecule has 0 saturated heterocycles. The van der Waals surface area contributed by atoms with Gasteiger partial charge in [0.2, 0.25) is 5.91 Å². The van der Waals surface area contributed by atoms with Gasteiger partial charge in [0.15, 0.2) is 0 Å². The van der Waals surface area contributed by atoms with E-state index in [2.05, 4.69) is 54.1 Å². The van der Waals surface area contributed by atoms with Crippen LogP contribution in [0.3, 0.4) is 0 Å². The number of hydrogen-bond acceptors (Lipinski definition) is 1. The van der Waals surface area contributed by atoms with E-state index in [1.807, 2.05) is 31.2 Å². The molecule has 0 bridgehead atoms. The second-order valence-electron chi connectivity index (χ2n) is 6.53. The third-order valence-corrected chi connectivity index (χ3v) is 4.51. The van der Waals surface area contributed by atoms with Crippen LogP contribution < -0.4 is 5.32 Å². The van der Waals surface area contributed by atoms with Gasteiger partial charge in [-0.25, -0.2) is 0 Å². The first-order chi connectivity index (χ1) is 11.5. The zero-order chi connectivity index (χ0) is 17.1. The SMILES string of the molecule is Cc1ccccc1CC(C)NC(=O)Cn1c(C)cc2ccccc21. The minimum atomic E-state index is 0.0561. The number of para-hydroxylation sites is 1. The number of fused-ring (bicyclic) bond motifs is 1. The largest absolute Gasteiger partial charge is 0.352 e. The molecule has 3 heteroatoms. The summed E-state index contributed by atoms with van der Waals surface area (Å²) >= 11 is 0. The highest BCUT2D eigenvalue weighted by Gasteiger charge is 2.12. The fourth-order valence-corrected chi connectivity index (χ4v) is 3.24. The van der Waals surface area contributed by atoms with Crippen molar-refractivity contribution in [2.24, 2.45) is 0 Å². The summed E-state index contributed by atoms with van der Waals surface area (Å²) in [6.07, 6.45) is 0.851. The molecule has 2 aromatic carbocycles. The number of rotatable bonds is 5. The van der Waals surface area contributed by atoms with Crippen LogP contribution in [0.2, 0.25) is 0 Å². The van der Waals surface area contributed by atoms with Gasteiger partial charge in [-0.1, -0.05) is 42.5 Å². The molecule has 0 saturated carbocycles. The Morgan fingerprint density at radius 3 is 2.58 bits per heavy atom. The average molecular weight is 320 g/mol. The number of aryl methyl sites for hydroxylation is 2. The van der Waals surface area contributed by atoms with Gasteiger partial charge in [-0.2, -0.15) is 0 Å². The maximum absolute atomic E-state index is 12.5. The van der Waals surface area contributed by atoms with E-state index < -0.39 is 0 Å². The highest BCUT2D eigenvalue weighted by Crippen LogP contribution is 2.19. The molecular weight excluding hydrogens is 296 g/mol. The smallest absolute Gasteiger partial charge is 0.240 e. The Morgan fingerprint density at radius 1 is 1.08 bits per heavy atom. The fraction of sp³-hybridized carbons (Fsp3) is 0.286. The van der Waals surface area contributed by atoms with Gasteiger partial charge in [0.1, 0.15) is 6.54 Å². The number of hydrogen-bond donors (Lipinski definition) is 1. The summed E-state index contributed by atoms with van der Waals surface area (Å²) in [5.41, 5.74) is 4.77. The van der Waals surface area contributed by atoms with E-state index in [-0.39, 0.29) is 11.9 Å². The van der Waals surface area contributed by atoms with Crippen LogP contribution in [-0.2, 0) is 17.8 Å². The van der Waals surface area contributed by atoms with E-state index in [1.165, 1.54) is 16.5 Å². The van der Waals surface area contributed by atoms with Gasteiger partial charge in [0.25, 0.3) is 0 Å². The Kier molecular flexibility index (Phi) is 4.70. The molecule has 3 aromatic rings. The third-order valence-electron chi connectivity index (χ3n) is 4.51. The summed E-state index contributed by atoms with van der Waals surface area (Å²) in [5.74, 6) is 0.0561. The quantitative estimate of drug-likeness (QED) is 0.757. The maximum atomic E-state index is 12.5. The number of nitrogens with one attached hydrogen (secondary N) is 1. The Morgan fingerprint density at radius 2 is 1.79 bits per heavy atom. The molecule has 1 atom stereocenters. The van der Waals surface area contributed by atoms with E-state index in [4.69, 9.17) is 0 Å². The van der Waals surface area contributed by atoms with Crippen molar-refractivity contribution in [3.63, 3.8) is 0 Å². The highest BCUT2D eigenvalue weighted by atomic mass is 16.2. The van der Waals surface area contributed by atoms with Crippen molar-refractivity contribution >= 4 is 16.8 Å². The van der Waals surface area contributed by atoms with Crippen molar-refractivity contribution in [3.05, 3.63) is 71.4 Å². The second-order valence-corrected chi connectivity index (χ2v) is 6.53. The molecule has 1 aromatic heterocycles. The monoisotopic (exact) mass is 320 g/mol. The summed E-state index contributed by atoms with van der Waals surface area (Å²) in [6.45, 7) is 6.58. The fourth-order valence-electron chi connectivity index (χ4n) is 3.24. The summed E-state index contributed by atoms with van der Waals surface area (Å²) in [7, 11) is 0. The summed E-state index contributed by atoms with van der Waals surface area (Å²) in [4.78, 5) is 12.5. The molecule has 1 heterocycles. The molecule has 1 unspecified atom stereocenters. The number of nitrogens with zero attached hydrogens (tertiary/aromatic N) is 1. The van der Waals surface area contributed by atoms with Gasteiger partial charge >= 0.3 is 0 Å². The lowest BCUT2D eigenvalue weighted by Crippen LogP contribution is -2.36. The Balaban J connectivity index is 1.67. The molecule has 0 aliphatic rings. The van der Waals surface area contributed by atoms with Crippen molar-refractivity contribution in [2.45, 2.75) is 39.8 Å². The van der Waals surface area contributed by atoms with Crippen LogP contribution in [0, 0.1) is 13.8 Å². The van der Waals surface area contributed by atoms with Crippen LogP contribution in [0.4, 0.5) is 0 Å². The number of carbonyl (C=O) groups is 1. The van der Waals surface area contributed by atoms with Gasteiger partial charge in [-0.3, -0.25) is 4.79 Å². The number of benzene rings is 2. The molecule has 0 aliphatic heterocycles. The molecule has 0 aliphatic carbocycles. The first-order valence-corrected chi connectivity index (χ1v) is 8.43. The molecule has 24 heavy (non-hydrogen) atoms. The Labute approximate surface area is 143 Å². The van der Waals surface area contributed by atoms with Crippen molar-refractivity contribution in [1.29, 1.82) is 0 Å². The van der Waals surface area contributed by atoms with Gasteiger partial charge in [0.05, 0.1) is 0 Å². The molecule has 0 fully saturated rings. The molecular formula is C21H24N2O. The minimum absolute atomic E-state index is 0.0561. The lowest BCUT2D eigenvalue weighted by molar-refractivity contribution is -0.122. The molecule has 0 spiro atoms. The maximum Gasteiger partial charge on any atom is 0.240 e. The van der Waals surface area contributed by atoms with Crippen molar-refractivity contribution < 1.29 is 4.79 Å². The predicted molar refractivity (Wildman–Crippen MR) is 99.2 cm³/mol. The van der Waals surface area contributed by atoms with Gasteiger partial charge in [0, 0.05) is 17.3 Å². The Hall–Kier alpha value is -2.55. The van der Waals surface area contributed by atoms with Crippen LogP contribution in [0.1, 0.15) is 23.7 Å². The van der Waals surface area contributed by atoms with E-state index >= 15 is 0 Å². The zero-order valence-electron chi connectivity index (χ0n) is 14.5. The normalized spacial score (nSPS) is 12.3. The lowest BCUT2D eigenvalue weighted by atomic mass is 10.0. The third kappa shape index (κ3) is 3.51. The highest BCUT2D eigenvalue weighted by molar-refractivity contribution is 5.84. The van der Waals surface area contributed by atoms with Crippen LogP contribution in [0.15, 0.2) is 54.6 Å². The van der Waals surface area contributed by atoms with Crippen LogP contribution >= 0.6 is 0 Å². The molecule has 124 valence electrons. The molecule has 0 radical (unpaired) electrons. The first-order valence-electron chi connectivity index (χ1n) is 8.43. The summed E-state index contributed by atoms with van der Waals surface area (Å²) in [6, 6.07) is 18.7. The molecule has 3 rings (SSSR count). The molecule has 3 nitrogen and oxygen atoms in total. The molecule has 1 amide bonds. The van der Waals surface area contributed by atoms with Crippen LogP contribution in [-0.4, -0.2) is 16.5 Å². The van der Waals surface area contributed by atoms with Crippen molar-refractivity contribution in [1.82, 2.24) is 9.88 Å². The van der Waals surface area contributed by atoms with E-state index in [0.717, 1.165) is 17.6 Å². The van der Waals surface area contributed by atoms with E-state index in [0.29, 0.717) is 6.54 Å². The van der Waals surface area contributed by atoms with Crippen LogP contribution in [0.25, 0.3) is 10.9 Å². The average Bonchev–Trinajstić information content (AvgIpc) is 2.85. The number of aromatic nitrogens is 1. The Bertz CT molecular complexity index is 863. The number of amides is 1. The zero-order valence-corrected chi connectivity index (χ0v) is 14.5. The first kappa shape index (κ1) is 16.3. The topological polar surface area (TPSA) is 34.0 Å². The lowest BCUT2D eigenvalue weighted by Gasteiger charge is -2.16. The minimum Gasteiger partial charge on any atom is -0.352 e. The summed E-state index contributed by atoms with van der Waals surface area (Å²) in [5, 5.41) is 4.30. The van der Waals surface area contributed by atoms with Gasteiger partial charge < -0.3 is 9.88 Å². The molecule has 1 N–H and O–H groups in total.